The van der Waals surface area contributed by atoms with E-state index in [1.54, 1.807) is 12.1 Å². The van der Waals surface area contributed by atoms with Crippen molar-refractivity contribution in [2.45, 2.75) is 19.8 Å². The molecule has 0 unspecified atom stereocenters. The Morgan fingerprint density at radius 3 is 2.58 bits per heavy atom. The number of nitrogens with two attached hydrogens (primary N) is 1. The molecule has 12 heavy (non-hydrogen) atoms. The minimum Gasteiger partial charge on any atom is -0.398 e. The molecule has 0 saturated carbocycles. The lowest BCUT2D eigenvalue weighted by Crippen LogP contribution is -1.96. The van der Waals surface area contributed by atoms with Crippen molar-refractivity contribution in [3.8, 4) is 6.07 Å². The topological polar surface area (TPSA) is 49.8 Å². The third-order valence-corrected chi connectivity index (χ3v) is 1.84. The molecule has 1 aromatic rings. The van der Waals surface area contributed by atoms with Gasteiger partial charge >= 0.3 is 0 Å². The van der Waals surface area contributed by atoms with E-state index in [1.165, 1.54) is 0 Å². The summed E-state index contributed by atoms with van der Waals surface area (Å²) in [4.78, 5) is 0. The zero-order chi connectivity index (χ0) is 9.14. The van der Waals surface area contributed by atoms with Crippen LogP contribution in [0.15, 0.2) is 18.2 Å². The maximum Gasteiger partial charge on any atom is 0.0991 e. The zero-order valence-corrected chi connectivity index (χ0v) is 7.33. The Labute approximate surface area is 72.6 Å². The molecule has 1 aromatic carbocycles. The lowest BCUT2D eigenvalue weighted by atomic mass is 9.99. The second kappa shape index (κ2) is 3.27. The SMILES string of the molecule is CC(C)c1cc(C#N)ccc1N. The van der Waals surface area contributed by atoms with E-state index in [0.717, 1.165) is 11.3 Å². The number of nitriles is 1. The molecule has 0 atom stereocenters. The van der Waals surface area contributed by atoms with Gasteiger partial charge in [-0.25, -0.2) is 0 Å². The van der Waals surface area contributed by atoms with E-state index in [9.17, 15) is 0 Å². The first-order valence-electron chi connectivity index (χ1n) is 3.94. The van der Waals surface area contributed by atoms with E-state index in [0.29, 0.717) is 11.5 Å². The number of hydrogen-bond acceptors (Lipinski definition) is 2. The molecule has 2 nitrogen and oxygen atoms in total. The standard InChI is InChI=1S/C10H12N2/c1-7(2)9-5-8(6-11)3-4-10(9)12/h3-5,7H,12H2,1-2H3. The predicted octanol–water partition coefficient (Wildman–Crippen LogP) is 2.26. The van der Waals surface area contributed by atoms with Gasteiger partial charge in [0, 0.05) is 5.69 Å². The second-order valence-electron chi connectivity index (χ2n) is 3.11. The van der Waals surface area contributed by atoms with Gasteiger partial charge in [-0.1, -0.05) is 13.8 Å². The van der Waals surface area contributed by atoms with E-state index >= 15 is 0 Å². The van der Waals surface area contributed by atoms with Crippen molar-refractivity contribution in [2.24, 2.45) is 0 Å². The summed E-state index contributed by atoms with van der Waals surface area (Å²) in [5, 5.41) is 8.64. The quantitative estimate of drug-likeness (QED) is 0.640. The van der Waals surface area contributed by atoms with Crippen molar-refractivity contribution < 1.29 is 0 Å². The lowest BCUT2D eigenvalue weighted by molar-refractivity contribution is 0.869. The maximum absolute atomic E-state index is 8.64. The maximum atomic E-state index is 8.64. The first-order chi connectivity index (χ1) is 5.65. The fourth-order valence-corrected chi connectivity index (χ4v) is 1.14. The highest BCUT2D eigenvalue weighted by atomic mass is 14.6. The van der Waals surface area contributed by atoms with Crippen LogP contribution in [0.5, 0.6) is 0 Å². The molecule has 0 saturated heterocycles. The Hall–Kier alpha value is -1.49. The minimum atomic E-state index is 0.373. The molecule has 2 heteroatoms. The van der Waals surface area contributed by atoms with Gasteiger partial charge in [-0.3, -0.25) is 0 Å². The molecule has 2 N–H and O–H groups in total. The van der Waals surface area contributed by atoms with Gasteiger partial charge in [-0.05, 0) is 29.7 Å². The molecule has 0 aliphatic rings. The van der Waals surface area contributed by atoms with Crippen molar-refractivity contribution in [2.75, 3.05) is 5.73 Å². The van der Waals surface area contributed by atoms with Gasteiger partial charge in [-0.15, -0.1) is 0 Å². The molecular formula is C10H12N2. The fraction of sp³-hybridized carbons (Fsp3) is 0.300. The first-order valence-corrected chi connectivity index (χ1v) is 3.94. The summed E-state index contributed by atoms with van der Waals surface area (Å²) in [6.07, 6.45) is 0. The predicted molar refractivity (Wildman–Crippen MR) is 49.7 cm³/mol. The van der Waals surface area contributed by atoms with Gasteiger partial charge < -0.3 is 5.73 Å². The van der Waals surface area contributed by atoms with Crippen molar-refractivity contribution in [1.82, 2.24) is 0 Å². The summed E-state index contributed by atoms with van der Waals surface area (Å²) < 4.78 is 0. The van der Waals surface area contributed by atoms with Gasteiger partial charge in [0.15, 0.2) is 0 Å². The summed E-state index contributed by atoms with van der Waals surface area (Å²) in [5.74, 6) is 0.373. The average molecular weight is 160 g/mol. The number of nitrogens with zero attached hydrogens (tertiary/aromatic N) is 1. The van der Waals surface area contributed by atoms with E-state index < -0.39 is 0 Å². The summed E-state index contributed by atoms with van der Waals surface area (Å²) in [7, 11) is 0. The van der Waals surface area contributed by atoms with E-state index in [1.807, 2.05) is 6.07 Å². The van der Waals surface area contributed by atoms with Crippen molar-refractivity contribution in [3.05, 3.63) is 29.3 Å². The van der Waals surface area contributed by atoms with Gasteiger partial charge in [0.1, 0.15) is 0 Å². The fourth-order valence-electron chi connectivity index (χ4n) is 1.14. The minimum absolute atomic E-state index is 0.373. The smallest absolute Gasteiger partial charge is 0.0991 e. The van der Waals surface area contributed by atoms with Gasteiger partial charge in [0.2, 0.25) is 0 Å². The molecular weight excluding hydrogens is 148 g/mol. The number of anilines is 1. The summed E-state index contributed by atoms with van der Waals surface area (Å²) in [6.45, 7) is 4.12. The first kappa shape index (κ1) is 8.61. The van der Waals surface area contributed by atoms with E-state index in [2.05, 4.69) is 19.9 Å². The second-order valence-corrected chi connectivity index (χ2v) is 3.11. The van der Waals surface area contributed by atoms with Gasteiger partial charge in [0.05, 0.1) is 11.6 Å². The Kier molecular flexibility index (Phi) is 2.35. The van der Waals surface area contributed by atoms with Crippen LogP contribution in [0.3, 0.4) is 0 Å². The molecule has 0 amide bonds. The highest BCUT2D eigenvalue weighted by molar-refractivity contribution is 5.52. The zero-order valence-electron chi connectivity index (χ0n) is 7.33. The summed E-state index contributed by atoms with van der Waals surface area (Å²) in [5.41, 5.74) is 8.23. The highest BCUT2D eigenvalue weighted by Gasteiger charge is 2.04. The summed E-state index contributed by atoms with van der Waals surface area (Å²) in [6, 6.07) is 7.46. The van der Waals surface area contributed by atoms with Crippen LogP contribution in [0, 0.1) is 11.3 Å². The van der Waals surface area contributed by atoms with Crippen LogP contribution in [-0.2, 0) is 0 Å². The molecule has 62 valence electrons. The van der Waals surface area contributed by atoms with Crippen LogP contribution in [0.4, 0.5) is 5.69 Å². The third kappa shape index (κ3) is 1.57. The molecule has 0 aliphatic heterocycles. The molecule has 0 radical (unpaired) electrons. The van der Waals surface area contributed by atoms with Crippen molar-refractivity contribution >= 4 is 5.69 Å². The Morgan fingerprint density at radius 1 is 1.42 bits per heavy atom. The van der Waals surface area contributed by atoms with E-state index in [4.69, 9.17) is 11.0 Å². The molecule has 0 aromatic heterocycles. The lowest BCUT2D eigenvalue weighted by Gasteiger charge is -2.08. The third-order valence-electron chi connectivity index (χ3n) is 1.84. The number of benzene rings is 1. The van der Waals surface area contributed by atoms with Crippen molar-refractivity contribution in [3.63, 3.8) is 0 Å². The molecule has 0 fully saturated rings. The van der Waals surface area contributed by atoms with Crippen LogP contribution < -0.4 is 5.73 Å². The van der Waals surface area contributed by atoms with Crippen LogP contribution in [0.2, 0.25) is 0 Å². The average Bonchev–Trinajstić information content (AvgIpc) is 2.05. The molecule has 0 heterocycles. The monoisotopic (exact) mass is 160 g/mol. The summed E-state index contributed by atoms with van der Waals surface area (Å²) >= 11 is 0. The van der Waals surface area contributed by atoms with Gasteiger partial charge in [-0.2, -0.15) is 5.26 Å². The Bertz CT molecular complexity index is 321. The molecule has 1 rings (SSSR count). The molecule has 0 aliphatic carbocycles. The number of rotatable bonds is 1. The van der Waals surface area contributed by atoms with Crippen LogP contribution in [0.1, 0.15) is 30.9 Å². The molecule has 0 bridgehead atoms. The van der Waals surface area contributed by atoms with Crippen molar-refractivity contribution in [1.29, 1.82) is 5.26 Å². The molecule has 0 spiro atoms. The number of nitrogen functional groups attached to an aromatic ring is 1. The Morgan fingerprint density at radius 2 is 2.08 bits per heavy atom. The van der Waals surface area contributed by atoms with E-state index in [-0.39, 0.29) is 0 Å². The van der Waals surface area contributed by atoms with Crippen LogP contribution >= 0.6 is 0 Å². The van der Waals surface area contributed by atoms with Crippen LogP contribution in [-0.4, -0.2) is 0 Å². The Balaban J connectivity index is 3.19. The number of hydrogen-bond donors (Lipinski definition) is 1. The van der Waals surface area contributed by atoms with Crippen LogP contribution in [0.25, 0.3) is 0 Å². The largest absolute Gasteiger partial charge is 0.398 e. The highest BCUT2D eigenvalue weighted by Crippen LogP contribution is 2.22. The van der Waals surface area contributed by atoms with Gasteiger partial charge in [0.25, 0.3) is 0 Å². The normalized spacial score (nSPS) is 9.83.